The fourth-order valence-corrected chi connectivity index (χ4v) is 2.73. The molecule has 0 saturated heterocycles. The molecule has 0 aliphatic carbocycles. The standard InChI is InChI=1S/C20H25N3O/c1-15-12-16(2)20(17(3)13-15)21-14-19(24)23-22-11-7-10-18-8-5-4-6-9-18/h4-6,8-9,11-13,21H,7,10,14H2,1-3H3,(H,23,24)/b22-11-. The number of nitrogens with zero attached hydrogens (tertiary/aromatic N) is 1. The van der Waals surface area contributed by atoms with Crippen molar-refractivity contribution in [2.24, 2.45) is 5.10 Å². The molecule has 2 aromatic rings. The van der Waals surface area contributed by atoms with E-state index in [0.717, 1.165) is 29.7 Å². The molecule has 24 heavy (non-hydrogen) atoms. The van der Waals surface area contributed by atoms with E-state index in [0.29, 0.717) is 0 Å². The smallest absolute Gasteiger partial charge is 0.259 e. The normalized spacial score (nSPS) is 10.8. The maximum absolute atomic E-state index is 11.9. The lowest BCUT2D eigenvalue weighted by Gasteiger charge is -2.13. The van der Waals surface area contributed by atoms with E-state index in [1.165, 1.54) is 11.1 Å². The number of carbonyl (C=O) groups excluding carboxylic acids is 1. The quantitative estimate of drug-likeness (QED) is 0.602. The van der Waals surface area contributed by atoms with E-state index in [1.807, 2.05) is 32.0 Å². The van der Waals surface area contributed by atoms with Crippen molar-refractivity contribution in [3.63, 3.8) is 0 Å². The van der Waals surface area contributed by atoms with E-state index in [1.54, 1.807) is 6.21 Å². The van der Waals surface area contributed by atoms with Crippen molar-refractivity contribution in [2.45, 2.75) is 33.6 Å². The summed E-state index contributed by atoms with van der Waals surface area (Å²) in [5.74, 6) is -0.148. The van der Waals surface area contributed by atoms with Crippen LogP contribution in [0.3, 0.4) is 0 Å². The van der Waals surface area contributed by atoms with Crippen molar-refractivity contribution in [3.8, 4) is 0 Å². The Bertz CT molecular complexity index is 685. The molecular formula is C20H25N3O. The molecule has 126 valence electrons. The Morgan fingerprint density at radius 1 is 1.08 bits per heavy atom. The average Bonchev–Trinajstić information content (AvgIpc) is 2.54. The summed E-state index contributed by atoms with van der Waals surface area (Å²) in [7, 11) is 0. The van der Waals surface area contributed by atoms with Crippen molar-refractivity contribution in [1.82, 2.24) is 5.43 Å². The first kappa shape index (κ1) is 17.7. The topological polar surface area (TPSA) is 53.5 Å². The van der Waals surface area contributed by atoms with Gasteiger partial charge in [0, 0.05) is 11.9 Å². The Balaban J connectivity index is 1.73. The second-order valence-corrected chi connectivity index (χ2v) is 6.00. The lowest BCUT2D eigenvalue weighted by Crippen LogP contribution is -2.26. The Labute approximate surface area is 144 Å². The Kier molecular flexibility index (Phi) is 6.55. The van der Waals surface area contributed by atoms with Crippen LogP contribution in [0.1, 0.15) is 28.7 Å². The molecular weight excluding hydrogens is 298 g/mol. The number of hydrazone groups is 1. The molecule has 0 radical (unpaired) electrons. The molecule has 0 aliphatic heterocycles. The third-order valence-electron chi connectivity index (χ3n) is 3.79. The van der Waals surface area contributed by atoms with Crippen LogP contribution in [-0.2, 0) is 11.2 Å². The largest absolute Gasteiger partial charge is 0.376 e. The number of benzene rings is 2. The molecule has 1 amide bonds. The van der Waals surface area contributed by atoms with Crippen LogP contribution in [0.2, 0.25) is 0 Å². The number of hydrogen-bond donors (Lipinski definition) is 2. The SMILES string of the molecule is Cc1cc(C)c(NCC(=O)N/N=C\CCc2ccccc2)c(C)c1. The van der Waals surface area contributed by atoms with Crippen LogP contribution in [0.25, 0.3) is 0 Å². The zero-order valence-electron chi connectivity index (χ0n) is 14.6. The van der Waals surface area contributed by atoms with Crippen LogP contribution in [0.4, 0.5) is 5.69 Å². The van der Waals surface area contributed by atoms with Gasteiger partial charge in [-0.3, -0.25) is 4.79 Å². The summed E-state index contributed by atoms with van der Waals surface area (Å²) in [6.07, 6.45) is 3.46. The minimum absolute atomic E-state index is 0.148. The highest BCUT2D eigenvalue weighted by atomic mass is 16.2. The molecule has 4 nitrogen and oxygen atoms in total. The number of rotatable bonds is 7. The highest BCUT2D eigenvalue weighted by Crippen LogP contribution is 2.21. The van der Waals surface area contributed by atoms with Gasteiger partial charge >= 0.3 is 0 Å². The summed E-state index contributed by atoms with van der Waals surface area (Å²) in [5, 5.41) is 7.18. The van der Waals surface area contributed by atoms with Gasteiger partial charge < -0.3 is 5.32 Å². The lowest BCUT2D eigenvalue weighted by molar-refractivity contribution is -0.119. The van der Waals surface area contributed by atoms with E-state index >= 15 is 0 Å². The molecule has 2 rings (SSSR count). The van der Waals surface area contributed by atoms with Crippen LogP contribution in [0, 0.1) is 20.8 Å². The van der Waals surface area contributed by atoms with Gasteiger partial charge in [-0.25, -0.2) is 5.43 Å². The fourth-order valence-electron chi connectivity index (χ4n) is 2.73. The molecule has 0 bridgehead atoms. The van der Waals surface area contributed by atoms with Crippen molar-refractivity contribution in [1.29, 1.82) is 0 Å². The zero-order valence-corrected chi connectivity index (χ0v) is 14.6. The molecule has 0 aliphatic rings. The van der Waals surface area contributed by atoms with E-state index in [-0.39, 0.29) is 12.5 Å². The van der Waals surface area contributed by atoms with Crippen molar-refractivity contribution >= 4 is 17.8 Å². The molecule has 4 heteroatoms. The Morgan fingerprint density at radius 3 is 2.42 bits per heavy atom. The lowest BCUT2D eigenvalue weighted by atomic mass is 10.1. The third kappa shape index (κ3) is 5.54. The maximum atomic E-state index is 11.9. The van der Waals surface area contributed by atoms with Gasteiger partial charge in [-0.15, -0.1) is 0 Å². The molecule has 0 spiro atoms. The van der Waals surface area contributed by atoms with Gasteiger partial charge in [-0.1, -0.05) is 48.0 Å². The predicted molar refractivity (Wildman–Crippen MR) is 101 cm³/mol. The molecule has 0 saturated carbocycles. The van der Waals surface area contributed by atoms with E-state index < -0.39 is 0 Å². The van der Waals surface area contributed by atoms with Gasteiger partial charge in [0.1, 0.15) is 0 Å². The molecule has 0 atom stereocenters. The second-order valence-electron chi connectivity index (χ2n) is 6.00. The number of hydrogen-bond acceptors (Lipinski definition) is 3. The van der Waals surface area contributed by atoms with Crippen LogP contribution < -0.4 is 10.7 Å². The Morgan fingerprint density at radius 2 is 1.75 bits per heavy atom. The average molecular weight is 323 g/mol. The summed E-state index contributed by atoms with van der Waals surface area (Å²) in [5.41, 5.74) is 8.36. The summed E-state index contributed by atoms with van der Waals surface area (Å²) in [4.78, 5) is 11.9. The summed E-state index contributed by atoms with van der Waals surface area (Å²) in [6.45, 7) is 6.37. The van der Waals surface area contributed by atoms with Crippen molar-refractivity contribution < 1.29 is 4.79 Å². The number of nitrogens with one attached hydrogen (secondary N) is 2. The third-order valence-corrected chi connectivity index (χ3v) is 3.79. The first-order valence-electron chi connectivity index (χ1n) is 8.22. The van der Waals surface area contributed by atoms with Crippen molar-refractivity contribution in [3.05, 3.63) is 64.7 Å². The highest BCUT2D eigenvalue weighted by molar-refractivity contribution is 5.81. The predicted octanol–water partition coefficient (Wildman–Crippen LogP) is 3.76. The van der Waals surface area contributed by atoms with Crippen LogP contribution >= 0.6 is 0 Å². The number of anilines is 1. The molecule has 0 aromatic heterocycles. The molecule has 2 N–H and O–H groups in total. The fraction of sp³-hybridized carbons (Fsp3) is 0.300. The zero-order chi connectivity index (χ0) is 17.4. The number of amides is 1. The van der Waals surface area contributed by atoms with Gasteiger partial charge in [0.25, 0.3) is 5.91 Å². The van der Waals surface area contributed by atoms with Gasteiger partial charge in [-0.2, -0.15) is 5.10 Å². The monoisotopic (exact) mass is 323 g/mol. The van der Waals surface area contributed by atoms with E-state index in [9.17, 15) is 4.79 Å². The first-order chi connectivity index (χ1) is 11.6. The highest BCUT2D eigenvalue weighted by Gasteiger charge is 2.05. The van der Waals surface area contributed by atoms with E-state index in [2.05, 4.69) is 47.0 Å². The summed E-state index contributed by atoms with van der Waals surface area (Å²) < 4.78 is 0. The van der Waals surface area contributed by atoms with Gasteiger partial charge in [0.05, 0.1) is 6.54 Å². The molecule has 2 aromatic carbocycles. The van der Waals surface area contributed by atoms with Crippen LogP contribution in [0.15, 0.2) is 47.6 Å². The Hall–Kier alpha value is -2.62. The minimum Gasteiger partial charge on any atom is -0.376 e. The minimum atomic E-state index is -0.148. The molecule has 0 unspecified atom stereocenters. The van der Waals surface area contributed by atoms with Gasteiger partial charge in [0.15, 0.2) is 0 Å². The maximum Gasteiger partial charge on any atom is 0.259 e. The van der Waals surface area contributed by atoms with Gasteiger partial charge in [-0.05, 0) is 50.3 Å². The number of carbonyl (C=O) groups is 1. The summed E-state index contributed by atoms with van der Waals surface area (Å²) in [6, 6.07) is 14.4. The van der Waals surface area contributed by atoms with Crippen molar-refractivity contribution in [2.75, 3.05) is 11.9 Å². The molecule has 0 heterocycles. The first-order valence-corrected chi connectivity index (χ1v) is 8.22. The van der Waals surface area contributed by atoms with Crippen LogP contribution in [-0.4, -0.2) is 18.7 Å². The number of aryl methyl sites for hydroxylation is 4. The van der Waals surface area contributed by atoms with Crippen LogP contribution in [0.5, 0.6) is 0 Å². The van der Waals surface area contributed by atoms with Gasteiger partial charge in [0.2, 0.25) is 0 Å². The second kappa shape index (κ2) is 8.87. The molecule has 0 fully saturated rings. The summed E-state index contributed by atoms with van der Waals surface area (Å²) >= 11 is 0. The van der Waals surface area contributed by atoms with E-state index in [4.69, 9.17) is 0 Å².